The number of likely N-dealkylation sites (N-methyl/N-ethyl adjacent to an activating group) is 1. The third kappa shape index (κ3) is 3.45. The van der Waals surface area contributed by atoms with E-state index in [-0.39, 0.29) is 0 Å². The molecule has 3 aliphatic rings. The van der Waals surface area contributed by atoms with E-state index in [2.05, 4.69) is 17.3 Å². The van der Waals surface area contributed by atoms with Crippen molar-refractivity contribution >= 4 is 0 Å². The van der Waals surface area contributed by atoms with E-state index in [9.17, 15) is 0 Å². The summed E-state index contributed by atoms with van der Waals surface area (Å²) in [4.78, 5) is 2.55. The Hall–Kier alpha value is -0.0800. The van der Waals surface area contributed by atoms with E-state index >= 15 is 0 Å². The van der Waals surface area contributed by atoms with Crippen molar-refractivity contribution < 1.29 is 0 Å². The van der Waals surface area contributed by atoms with Gasteiger partial charge in [0.25, 0.3) is 0 Å². The molecule has 0 aromatic rings. The molecule has 0 bridgehead atoms. The third-order valence-corrected chi connectivity index (χ3v) is 5.00. The van der Waals surface area contributed by atoms with Gasteiger partial charge in [0.05, 0.1) is 0 Å². The fraction of sp³-hybridized carbons (Fsp3) is 1.00. The van der Waals surface area contributed by atoms with Crippen LogP contribution in [0.4, 0.5) is 0 Å². The topological polar surface area (TPSA) is 15.3 Å². The maximum absolute atomic E-state index is 3.84. The van der Waals surface area contributed by atoms with Gasteiger partial charge in [-0.3, -0.25) is 0 Å². The Morgan fingerprint density at radius 1 is 1.00 bits per heavy atom. The van der Waals surface area contributed by atoms with E-state index < -0.39 is 0 Å². The summed E-state index contributed by atoms with van der Waals surface area (Å²) in [6, 6.07) is 0.776. The van der Waals surface area contributed by atoms with Crippen LogP contribution in [0.1, 0.15) is 44.9 Å². The molecular formula is C15H28N2. The van der Waals surface area contributed by atoms with Crippen LogP contribution in [0.25, 0.3) is 0 Å². The minimum atomic E-state index is 0.776. The van der Waals surface area contributed by atoms with Gasteiger partial charge in [0.1, 0.15) is 0 Å². The second-order valence-electron chi connectivity index (χ2n) is 6.90. The lowest BCUT2D eigenvalue weighted by molar-refractivity contribution is 0.151. The lowest BCUT2D eigenvalue weighted by Gasteiger charge is -2.38. The highest BCUT2D eigenvalue weighted by atomic mass is 15.1. The van der Waals surface area contributed by atoms with Gasteiger partial charge >= 0.3 is 0 Å². The Kier molecular flexibility index (Phi) is 3.72. The fourth-order valence-electron chi connectivity index (χ4n) is 3.62. The van der Waals surface area contributed by atoms with Gasteiger partial charge < -0.3 is 10.2 Å². The molecule has 1 saturated heterocycles. The highest BCUT2D eigenvalue weighted by Gasteiger charge is 2.31. The molecule has 2 atom stereocenters. The SMILES string of the molecule is CN1CC(CC2CC2)CC(NCC2CCC2)C1. The first-order valence-electron chi connectivity index (χ1n) is 7.71. The largest absolute Gasteiger partial charge is 0.312 e. The third-order valence-electron chi connectivity index (χ3n) is 5.00. The molecule has 2 aliphatic carbocycles. The number of nitrogens with one attached hydrogen (secondary N) is 1. The first-order chi connectivity index (χ1) is 8.29. The van der Waals surface area contributed by atoms with Crippen LogP contribution >= 0.6 is 0 Å². The molecule has 1 aliphatic heterocycles. The van der Waals surface area contributed by atoms with Crippen molar-refractivity contribution in [1.29, 1.82) is 0 Å². The second-order valence-corrected chi connectivity index (χ2v) is 6.90. The smallest absolute Gasteiger partial charge is 0.0198 e. The molecule has 3 fully saturated rings. The molecule has 1 heterocycles. The predicted octanol–water partition coefficient (Wildman–Crippen LogP) is 2.50. The maximum Gasteiger partial charge on any atom is 0.0198 e. The molecule has 2 heteroatoms. The number of hydrogen-bond acceptors (Lipinski definition) is 2. The lowest BCUT2D eigenvalue weighted by Crippen LogP contribution is -2.49. The number of likely N-dealkylation sites (tertiary alicyclic amines) is 1. The van der Waals surface area contributed by atoms with Gasteiger partial charge in [-0.1, -0.05) is 19.3 Å². The molecule has 17 heavy (non-hydrogen) atoms. The standard InChI is InChI=1S/C15H28N2/c1-17-10-14(7-12-5-6-12)8-15(11-17)16-9-13-3-2-4-13/h12-16H,2-11H2,1H3. The first-order valence-corrected chi connectivity index (χ1v) is 7.71. The molecule has 0 aromatic carbocycles. The maximum atomic E-state index is 3.84. The van der Waals surface area contributed by atoms with Crippen molar-refractivity contribution in [1.82, 2.24) is 10.2 Å². The highest BCUT2D eigenvalue weighted by molar-refractivity contribution is 4.87. The van der Waals surface area contributed by atoms with E-state index in [1.165, 1.54) is 64.6 Å². The Bertz CT molecular complexity index is 243. The molecule has 0 amide bonds. The minimum absolute atomic E-state index is 0.776. The molecule has 1 N–H and O–H groups in total. The molecule has 2 nitrogen and oxygen atoms in total. The van der Waals surface area contributed by atoms with Crippen LogP contribution in [0.15, 0.2) is 0 Å². The number of hydrogen-bond donors (Lipinski definition) is 1. The molecule has 0 radical (unpaired) electrons. The van der Waals surface area contributed by atoms with E-state index in [0.717, 1.165) is 23.8 Å². The Morgan fingerprint density at radius 3 is 2.47 bits per heavy atom. The van der Waals surface area contributed by atoms with Crippen LogP contribution in [0.5, 0.6) is 0 Å². The van der Waals surface area contributed by atoms with E-state index in [1.54, 1.807) is 0 Å². The first kappa shape index (κ1) is 12.0. The summed E-state index contributed by atoms with van der Waals surface area (Å²) < 4.78 is 0. The van der Waals surface area contributed by atoms with Gasteiger partial charge in [-0.05, 0) is 57.0 Å². The van der Waals surface area contributed by atoms with Gasteiger partial charge in [-0.15, -0.1) is 0 Å². The zero-order valence-corrected chi connectivity index (χ0v) is 11.3. The molecule has 3 rings (SSSR count). The summed E-state index contributed by atoms with van der Waals surface area (Å²) in [5, 5.41) is 3.84. The fourth-order valence-corrected chi connectivity index (χ4v) is 3.62. The Labute approximate surface area is 106 Å². The molecular weight excluding hydrogens is 208 g/mol. The summed E-state index contributed by atoms with van der Waals surface area (Å²) in [5.41, 5.74) is 0. The Balaban J connectivity index is 1.42. The van der Waals surface area contributed by atoms with Gasteiger partial charge in [0.2, 0.25) is 0 Å². The monoisotopic (exact) mass is 236 g/mol. The van der Waals surface area contributed by atoms with Crippen LogP contribution in [0, 0.1) is 17.8 Å². The van der Waals surface area contributed by atoms with E-state index in [0.29, 0.717) is 0 Å². The normalized spacial score (nSPS) is 35.8. The summed E-state index contributed by atoms with van der Waals surface area (Å²) in [6.45, 7) is 3.90. The van der Waals surface area contributed by atoms with Crippen LogP contribution in [0.2, 0.25) is 0 Å². The summed E-state index contributed by atoms with van der Waals surface area (Å²) >= 11 is 0. The number of rotatable bonds is 5. The number of piperidine rings is 1. The zero-order chi connectivity index (χ0) is 11.7. The second kappa shape index (κ2) is 5.27. The highest BCUT2D eigenvalue weighted by Crippen LogP contribution is 2.37. The van der Waals surface area contributed by atoms with Gasteiger partial charge in [0, 0.05) is 19.1 Å². The van der Waals surface area contributed by atoms with Crippen molar-refractivity contribution in [3.05, 3.63) is 0 Å². The number of nitrogens with zero attached hydrogens (tertiary/aromatic N) is 1. The van der Waals surface area contributed by atoms with Crippen LogP contribution in [-0.2, 0) is 0 Å². The molecule has 2 unspecified atom stereocenters. The average molecular weight is 236 g/mol. The van der Waals surface area contributed by atoms with Crippen LogP contribution in [-0.4, -0.2) is 37.6 Å². The predicted molar refractivity (Wildman–Crippen MR) is 72.1 cm³/mol. The minimum Gasteiger partial charge on any atom is -0.312 e. The lowest BCUT2D eigenvalue weighted by atomic mass is 9.84. The summed E-state index contributed by atoms with van der Waals surface area (Å²) in [5.74, 6) is 3.07. The summed E-state index contributed by atoms with van der Waals surface area (Å²) in [6.07, 6.45) is 10.4. The van der Waals surface area contributed by atoms with Crippen LogP contribution in [0.3, 0.4) is 0 Å². The Morgan fingerprint density at radius 2 is 1.82 bits per heavy atom. The van der Waals surface area contributed by atoms with E-state index in [4.69, 9.17) is 0 Å². The molecule has 2 saturated carbocycles. The van der Waals surface area contributed by atoms with Crippen molar-refractivity contribution in [3.63, 3.8) is 0 Å². The van der Waals surface area contributed by atoms with Crippen LogP contribution < -0.4 is 5.32 Å². The van der Waals surface area contributed by atoms with E-state index in [1.807, 2.05) is 0 Å². The molecule has 0 spiro atoms. The van der Waals surface area contributed by atoms with Crippen molar-refractivity contribution in [3.8, 4) is 0 Å². The van der Waals surface area contributed by atoms with Gasteiger partial charge in [0.15, 0.2) is 0 Å². The quantitative estimate of drug-likeness (QED) is 0.789. The van der Waals surface area contributed by atoms with Gasteiger partial charge in [-0.25, -0.2) is 0 Å². The zero-order valence-electron chi connectivity index (χ0n) is 11.3. The average Bonchev–Trinajstić information content (AvgIpc) is 2.98. The summed E-state index contributed by atoms with van der Waals surface area (Å²) in [7, 11) is 2.30. The van der Waals surface area contributed by atoms with Crippen molar-refractivity contribution in [2.24, 2.45) is 17.8 Å². The molecule has 98 valence electrons. The van der Waals surface area contributed by atoms with Gasteiger partial charge in [-0.2, -0.15) is 0 Å². The molecule has 0 aromatic heterocycles. The van der Waals surface area contributed by atoms with Crippen molar-refractivity contribution in [2.45, 2.75) is 51.0 Å². The van der Waals surface area contributed by atoms with Crippen molar-refractivity contribution in [2.75, 3.05) is 26.7 Å².